The Kier molecular flexibility index (Phi) is 5.68. The molecule has 7 heteroatoms. The van der Waals surface area contributed by atoms with Crippen LogP contribution in [-0.2, 0) is 10.0 Å². The van der Waals surface area contributed by atoms with Gasteiger partial charge < -0.3 is 4.90 Å². The van der Waals surface area contributed by atoms with Gasteiger partial charge in [-0.05, 0) is 77.7 Å². The van der Waals surface area contributed by atoms with Crippen LogP contribution in [-0.4, -0.2) is 38.9 Å². The minimum Gasteiger partial charge on any atom is -0.369 e. The summed E-state index contributed by atoms with van der Waals surface area (Å²) in [6.45, 7) is 8.09. The monoisotopic (exact) mass is 456 g/mol. The molecule has 0 saturated carbocycles. The van der Waals surface area contributed by atoms with Crippen molar-refractivity contribution < 1.29 is 8.42 Å². The lowest BCUT2D eigenvalue weighted by atomic mass is 10.1. The molecule has 0 radical (unpaired) electrons. The van der Waals surface area contributed by atoms with E-state index in [1.807, 2.05) is 45.0 Å². The van der Waals surface area contributed by atoms with E-state index in [1.54, 1.807) is 10.4 Å². The lowest BCUT2D eigenvalue weighted by Gasteiger charge is -2.36. The van der Waals surface area contributed by atoms with Crippen LogP contribution in [0, 0.1) is 20.8 Å². The highest BCUT2D eigenvalue weighted by Crippen LogP contribution is 2.31. The van der Waals surface area contributed by atoms with E-state index in [4.69, 9.17) is 11.6 Å². The van der Waals surface area contributed by atoms with Crippen LogP contribution in [0.3, 0.4) is 0 Å². The van der Waals surface area contributed by atoms with Gasteiger partial charge in [0.25, 0.3) is 0 Å². The lowest BCUT2D eigenvalue weighted by Crippen LogP contribution is -2.49. The maximum Gasteiger partial charge on any atom is 0.244 e. The van der Waals surface area contributed by atoms with E-state index in [0.29, 0.717) is 35.5 Å². The van der Waals surface area contributed by atoms with E-state index in [1.165, 1.54) is 0 Å². The molecule has 1 aliphatic heterocycles. The molecule has 3 rings (SSSR count). The van der Waals surface area contributed by atoms with Gasteiger partial charge in [0.05, 0.1) is 4.90 Å². The highest BCUT2D eigenvalue weighted by molar-refractivity contribution is 9.10. The first-order chi connectivity index (χ1) is 12.2. The first kappa shape index (κ1) is 19.7. The van der Waals surface area contributed by atoms with Crippen LogP contribution in [0.4, 0.5) is 5.69 Å². The minimum atomic E-state index is -3.52. The molecule has 0 aromatic heterocycles. The number of sulfonamides is 1. The molecule has 1 aliphatic rings. The number of piperazine rings is 1. The summed E-state index contributed by atoms with van der Waals surface area (Å²) in [5.74, 6) is 0. The molecule has 1 fully saturated rings. The van der Waals surface area contributed by atoms with Crippen molar-refractivity contribution in [3.05, 3.63) is 56.5 Å². The van der Waals surface area contributed by atoms with E-state index in [9.17, 15) is 8.42 Å². The van der Waals surface area contributed by atoms with Crippen molar-refractivity contribution in [2.75, 3.05) is 31.1 Å². The van der Waals surface area contributed by atoms with Crippen LogP contribution >= 0.6 is 27.5 Å². The molecular weight excluding hydrogens is 436 g/mol. The van der Waals surface area contributed by atoms with Crippen molar-refractivity contribution in [1.29, 1.82) is 0 Å². The van der Waals surface area contributed by atoms with E-state index in [0.717, 1.165) is 27.4 Å². The molecular formula is C19H22BrClN2O2S. The molecule has 4 nitrogen and oxygen atoms in total. The summed E-state index contributed by atoms with van der Waals surface area (Å²) in [7, 11) is -3.52. The molecule has 0 N–H and O–H groups in total. The first-order valence-corrected chi connectivity index (χ1v) is 11.1. The second kappa shape index (κ2) is 7.50. The Hall–Kier alpha value is -1.08. The Balaban J connectivity index is 1.81. The molecule has 0 spiro atoms. The summed E-state index contributed by atoms with van der Waals surface area (Å²) in [6, 6.07) is 9.46. The number of hydrogen-bond acceptors (Lipinski definition) is 3. The van der Waals surface area contributed by atoms with Crippen LogP contribution in [0.15, 0.2) is 39.7 Å². The maximum atomic E-state index is 13.1. The fourth-order valence-electron chi connectivity index (χ4n) is 3.20. The topological polar surface area (TPSA) is 40.6 Å². The normalized spacial score (nSPS) is 16.1. The van der Waals surface area contributed by atoms with Gasteiger partial charge in [-0.3, -0.25) is 0 Å². The smallest absolute Gasteiger partial charge is 0.244 e. The van der Waals surface area contributed by atoms with Crippen molar-refractivity contribution in [3.63, 3.8) is 0 Å². The number of hydrogen-bond donors (Lipinski definition) is 0. The van der Waals surface area contributed by atoms with Crippen LogP contribution in [0.25, 0.3) is 0 Å². The molecule has 1 heterocycles. The van der Waals surface area contributed by atoms with Crippen LogP contribution in [0.1, 0.15) is 16.7 Å². The number of rotatable bonds is 3. The molecule has 1 saturated heterocycles. The van der Waals surface area contributed by atoms with Crippen LogP contribution in [0.2, 0.25) is 5.02 Å². The Morgan fingerprint density at radius 1 is 1.00 bits per heavy atom. The van der Waals surface area contributed by atoms with E-state index < -0.39 is 10.0 Å². The average Bonchev–Trinajstić information content (AvgIpc) is 2.60. The van der Waals surface area contributed by atoms with Crippen LogP contribution in [0.5, 0.6) is 0 Å². The molecule has 0 bridgehead atoms. The summed E-state index contributed by atoms with van der Waals surface area (Å²) in [5, 5.41) is 0.733. The minimum absolute atomic E-state index is 0.341. The third-order valence-corrected chi connectivity index (χ3v) is 8.25. The Morgan fingerprint density at radius 3 is 2.27 bits per heavy atom. The largest absolute Gasteiger partial charge is 0.369 e. The quantitative estimate of drug-likeness (QED) is 0.679. The zero-order valence-electron chi connectivity index (χ0n) is 15.1. The summed E-state index contributed by atoms with van der Waals surface area (Å²) >= 11 is 9.64. The van der Waals surface area contributed by atoms with Crippen molar-refractivity contribution in [3.8, 4) is 0 Å². The van der Waals surface area contributed by atoms with Crippen molar-refractivity contribution in [2.24, 2.45) is 0 Å². The van der Waals surface area contributed by atoms with E-state index in [2.05, 4.69) is 20.8 Å². The molecule has 140 valence electrons. The Morgan fingerprint density at radius 2 is 1.62 bits per heavy atom. The molecule has 0 atom stereocenters. The second-order valence-electron chi connectivity index (χ2n) is 6.64. The molecule has 26 heavy (non-hydrogen) atoms. The molecule has 0 unspecified atom stereocenters. The summed E-state index contributed by atoms with van der Waals surface area (Å²) < 4.78 is 28.4. The number of benzene rings is 2. The number of nitrogens with zero attached hydrogens (tertiary/aromatic N) is 2. The fraction of sp³-hybridized carbons (Fsp3) is 0.368. The van der Waals surface area contributed by atoms with Gasteiger partial charge in [0.15, 0.2) is 0 Å². The van der Waals surface area contributed by atoms with E-state index in [-0.39, 0.29) is 0 Å². The molecule has 2 aromatic rings. The third kappa shape index (κ3) is 3.65. The standard InChI is InChI=1S/C19H22BrClN2O2S/c1-13-11-16(20)19(12-14(13)2)26(24,25)23-9-7-22(8-10-23)18-6-4-5-17(21)15(18)3/h4-6,11-12H,7-10H2,1-3H3. The molecule has 0 aliphatic carbocycles. The average molecular weight is 458 g/mol. The van der Waals surface area contributed by atoms with Gasteiger partial charge in [-0.25, -0.2) is 8.42 Å². The predicted molar refractivity (Wildman–Crippen MR) is 111 cm³/mol. The van der Waals surface area contributed by atoms with E-state index >= 15 is 0 Å². The predicted octanol–water partition coefficient (Wildman–Crippen LogP) is 4.54. The zero-order valence-corrected chi connectivity index (χ0v) is 18.2. The second-order valence-corrected chi connectivity index (χ2v) is 9.81. The number of aryl methyl sites for hydroxylation is 2. The Labute approximate surface area is 168 Å². The number of anilines is 1. The zero-order chi connectivity index (χ0) is 19.1. The van der Waals surface area contributed by atoms with Gasteiger partial charge in [-0.15, -0.1) is 0 Å². The van der Waals surface area contributed by atoms with Crippen LogP contribution < -0.4 is 4.90 Å². The highest BCUT2D eigenvalue weighted by Gasteiger charge is 2.30. The van der Waals surface area contributed by atoms with Gasteiger partial charge in [0, 0.05) is 41.4 Å². The summed E-state index contributed by atoms with van der Waals surface area (Å²) in [5.41, 5.74) is 4.14. The van der Waals surface area contributed by atoms with Gasteiger partial charge in [-0.1, -0.05) is 17.7 Å². The summed E-state index contributed by atoms with van der Waals surface area (Å²) in [4.78, 5) is 2.54. The fourth-order valence-corrected chi connectivity index (χ4v) is 5.99. The molecule has 2 aromatic carbocycles. The SMILES string of the molecule is Cc1cc(Br)c(S(=O)(=O)N2CCN(c3cccc(Cl)c3C)CC2)cc1C. The third-order valence-electron chi connectivity index (χ3n) is 4.98. The highest BCUT2D eigenvalue weighted by atomic mass is 79.9. The van der Waals surface area contributed by atoms with Gasteiger partial charge in [0.2, 0.25) is 10.0 Å². The van der Waals surface area contributed by atoms with Crippen molar-refractivity contribution in [2.45, 2.75) is 25.7 Å². The Bertz CT molecular complexity index is 939. The first-order valence-electron chi connectivity index (χ1n) is 8.49. The summed E-state index contributed by atoms with van der Waals surface area (Å²) in [6.07, 6.45) is 0. The van der Waals surface area contributed by atoms with Gasteiger partial charge in [0.1, 0.15) is 0 Å². The number of halogens is 2. The van der Waals surface area contributed by atoms with Crippen molar-refractivity contribution in [1.82, 2.24) is 4.31 Å². The molecule has 0 amide bonds. The van der Waals surface area contributed by atoms with Gasteiger partial charge in [-0.2, -0.15) is 4.31 Å². The van der Waals surface area contributed by atoms with Crippen molar-refractivity contribution >= 4 is 43.2 Å². The van der Waals surface area contributed by atoms with Gasteiger partial charge >= 0.3 is 0 Å². The maximum absolute atomic E-state index is 13.1. The lowest BCUT2D eigenvalue weighted by molar-refractivity contribution is 0.384.